The summed E-state index contributed by atoms with van der Waals surface area (Å²) in [5, 5.41) is 8.77. The fourth-order valence-corrected chi connectivity index (χ4v) is 6.55. The number of hydrogen-bond donors (Lipinski definition) is 0. The van der Waals surface area contributed by atoms with Crippen molar-refractivity contribution >= 4 is 5.97 Å². The summed E-state index contributed by atoms with van der Waals surface area (Å²) < 4.78 is 39.2. The molecular weight excluding hydrogens is 448 g/mol. The highest BCUT2D eigenvalue weighted by Gasteiger charge is 2.34. The Kier molecular flexibility index (Phi) is 9.16. The number of nitriles is 1. The maximum Gasteiger partial charge on any atom is 0.314 e. The molecule has 1 aromatic rings. The molecule has 3 aliphatic carbocycles. The van der Waals surface area contributed by atoms with E-state index in [1.165, 1.54) is 51.0 Å². The summed E-state index contributed by atoms with van der Waals surface area (Å²) >= 11 is 0. The van der Waals surface area contributed by atoms with Gasteiger partial charge in [0, 0.05) is 18.7 Å². The van der Waals surface area contributed by atoms with Crippen molar-refractivity contribution in [2.24, 2.45) is 29.6 Å². The topological polar surface area (TPSA) is 59.3 Å². The number of nitrogens with zero attached hydrogens (tertiary/aromatic N) is 1. The average molecular weight is 488 g/mol. The van der Waals surface area contributed by atoms with E-state index in [4.69, 9.17) is 14.7 Å². The molecule has 0 atom stereocenters. The number of ether oxygens (including phenoxy) is 2. The molecule has 1 aromatic carbocycles. The summed E-state index contributed by atoms with van der Waals surface area (Å²) in [6.45, 7) is 3.24. The van der Waals surface area contributed by atoms with Crippen molar-refractivity contribution in [2.75, 3.05) is 6.61 Å². The lowest BCUT2D eigenvalue weighted by Crippen LogP contribution is -2.32. The van der Waals surface area contributed by atoms with Gasteiger partial charge in [-0.3, -0.25) is 4.79 Å². The summed E-state index contributed by atoms with van der Waals surface area (Å²) in [7, 11) is 0. The molecule has 0 unspecified atom stereocenters. The monoisotopic (exact) mass is 487 g/mol. The molecule has 0 amide bonds. The van der Waals surface area contributed by atoms with Crippen LogP contribution in [0.1, 0.15) is 96.0 Å². The second kappa shape index (κ2) is 12.3. The lowest BCUT2D eigenvalue weighted by Gasteiger charge is -2.37. The lowest BCUT2D eigenvalue weighted by molar-refractivity contribution is -0.140. The Bertz CT molecular complexity index is 867. The first kappa shape index (κ1) is 26.1. The van der Waals surface area contributed by atoms with Gasteiger partial charge < -0.3 is 9.47 Å². The van der Waals surface area contributed by atoms with Crippen molar-refractivity contribution in [2.45, 2.75) is 96.5 Å². The molecule has 4 rings (SSSR count). The SMILES string of the molecule is CCC1CCC(COC2CCC(C3CCC(C(=O)Oc4cc(F)c(C#N)c(F)c4)CC3)CC2)CC1. The standard InChI is InChI=1S/C29H39F2NO3/c1-2-19-3-5-20(6-4-19)18-34-24-13-11-22(12-14-24)21-7-9-23(10-8-21)29(33)35-25-15-27(30)26(17-32)28(31)16-25/h15-16,19-24H,2-14,18H2,1H3. The maximum absolute atomic E-state index is 13.8. The van der Waals surface area contributed by atoms with Gasteiger partial charge in [-0.2, -0.15) is 5.26 Å². The van der Waals surface area contributed by atoms with E-state index in [2.05, 4.69) is 6.92 Å². The molecule has 0 aromatic heterocycles. The highest BCUT2D eigenvalue weighted by molar-refractivity contribution is 5.75. The van der Waals surface area contributed by atoms with Crippen LogP contribution in [0.5, 0.6) is 5.75 Å². The van der Waals surface area contributed by atoms with Crippen LogP contribution in [-0.4, -0.2) is 18.7 Å². The summed E-state index contributed by atoms with van der Waals surface area (Å²) in [5.41, 5.74) is -0.662. The zero-order valence-electron chi connectivity index (χ0n) is 20.9. The van der Waals surface area contributed by atoms with Crippen molar-refractivity contribution < 1.29 is 23.0 Å². The van der Waals surface area contributed by atoms with Gasteiger partial charge in [0.2, 0.25) is 0 Å². The highest BCUT2D eigenvalue weighted by atomic mass is 19.1. The Morgan fingerprint density at radius 3 is 1.97 bits per heavy atom. The fraction of sp³-hybridized carbons (Fsp3) is 0.724. The zero-order valence-corrected chi connectivity index (χ0v) is 20.9. The van der Waals surface area contributed by atoms with Crippen molar-refractivity contribution in [3.8, 4) is 11.8 Å². The molecule has 192 valence electrons. The molecule has 0 radical (unpaired) electrons. The Morgan fingerprint density at radius 2 is 1.43 bits per heavy atom. The third kappa shape index (κ3) is 6.82. The Hall–Kier alpha value is -2.00. The summed E-state index contributed by atoms with van der Waals surface area (Å²) in [5.74, 6) is 0.145. The first-order valence-electron chi connectivity index (χ1n) is 13.7. The molecule has 3 fully saturated rings. The molecule has 3 saturated carbocycles. The second-order valence-corrected chi connectivity index (χ2v) is 11.1. The van der Waals surface area contributed by atoms with Crippen LogP contribution in [0.25, 0.3) is 0 Å². The van der Waals surface area contributed by atoms with Gasteiger partial charge in [-0.25, -0.2) is 8.78 Å². The van der Waals surface area contributed by atoms with E-state index < -0.39 is 23.2 Å². The summed E-state index contributed by atoms with van der Waals surface area (Å²) in [4.78, 5) is 12.6. The van der Waals surface area contributed by atoms with Gasteiger partial charge in [0.1, 0.15) is 29.0 Å². The predicted molar refractivity (Wildman–Crippen MR) is 130 cm³/mol. The maximum atomic E-state index is 13.8. The Balaban J connectivity index is 1.15. The van der Waals surface area contributed by atoms with Gasteiger partial charge in [0.05, 0.1) is 12.0 Å². The van der Waals surface area contributed by atoms with E-state index in [-0.39, 0.29) is 11.7 Å². The molecule has 0 saturated heterocycles. The first-order valence-corrected chi connectivity index (χ1v) is 13.7. The predicted octanol–water partition coefficient (Wildman–Crippen LogP) is 7.34. The number of esters is 1. The van der Waals surface area contributed by atoms with Crippen molar-refractivity contribution in [1.82, 2.24) is 0 Å². The third-order valence-corrected chi connectivity index (χ3v) is 8.95. The highest BCUT2D eigenvalue weighted by Crippen LogP contribution is 2.41. The first-order chi connectivity index (χ1) is 17.0. The number of halogens is 2. The van der Waals surface area contributed by atoms with E-state index in [0.29, 0.717) is 17.9 Å². The molecule has 35 heavy (non-hydrogen) atoms. The quantitative estimate of drug-likeness (QED) is 0.298. The molecule has 0 aliphatic heterocycles. The molecule has 0 bridgehead atoms. The minimum Gasteiger partial charge on any atom is -0.426 e. The van der Waals surface area contributed by atoms with Crippen LogP contribution in [-0.2, 0) is 9.53 Å². The van der Waals surface area contributed by atoms with Gasteiger partial charge in [-0.1, -0.05) is 26.2 Å². The number of carbonyl (C=O) groups is 1. The molecular formula is C29H39F2NO3. The van der Waals surface area contributed by atoms with Gasteiger partial charge in [-0.15, -0.1) is 0 Å². The van der Waals surface area contributed by atoms with Crippen LogP contribution in [0.4, 0.5) is 8.78 Å². The molecule has 6 heteroatoms. The van der Waals surface area contributed by atoms with Crippen molar-refractivity contribution in [3.05, 3.63) is 29.3 Å². The molecule has 0 N–H and O–H groups in total. The van der Waals surface area contributed by atoms with Gasteiger partial charge in [0.25, 0.3) is 0 Å². The van der Waals surface area contributed by atoms with Gasteiger partial charge in [0.15, 0.2) is 0 Å². The molecule has 4 nitrogen and oxygen atoms in total. The van der Waals surface area contributed by atoms with Crippen LogP contribution >= 0.6 is 0 Å². The number of rotatable bonds is 7. The van der Waals surface area contributed by atoms with Gasteiger partial charge in [-0.05, 0) is 87.9 Å². The Morgan fingerprint density at radius 1 is 0.886 bits per heavy atom. The minimum atomic E-state index is -1.01. The second-order valence-electron chi connectivity index (χ2n) is 11.1. The van der Waals surface area contributed by atoms with Crippen LogP contribution < -0.4 is 4.74 Å². The van der Waals surface area contributed by atoms with Gasteiger partial charge >= 0.3 is 5.97 Å². The zero-order chi connectivity index (χ0) is 24.8. The van der Waals surface area contributed by atoms with Crippen molar-refractivity contribution in [3.63, 3.8) is 0 Å². The largest absolute Gasteiger partial charge is 0.426 e. The number of hydrogen-bond acceptors (Lipinski definition) is 4. The van der Waals surface area contributed by atoms with Crippen LogP contribution in [0.2, 0.25) is 0 Å². The van der Waals surface area contributed by atoms with Crippen LogP contribution in [0.3, 0.4) is 0 Å². The fourth-order valence-electron chi connectivity index (χ4n) is 6.55. The van der Waals surface area contributed by atoms with Crippen molar-refractivity contribution in [1.29, 1.82) is 5.26 Å². The van der Waals surface area contributed by atoms with Crippen LogP contribution in [0.15, 0.2) is 12.1 Å². The van der Waals surface area contributed by atoms with E-state index in [9.17, 15) is 13.6 Å². The Labute approximate surface area is 208 Å². The van der Waals surface area contributed by atoms with Crippen LogP contribution in [0, 0.1) is 52.6 Å². The molecule has 0 spiro atoms. The average Bonchev–Trinajstić information content (AvgIpc) is 2.88. The van der Waals surface area contributed by atoms with E-state index in [1.54, 1.807) is 0 Å². The normalized spacial score (nSPS) is 31.5. The number of benzene rings is 1. The van der Waals surface area contributed by atoms with E-state index >= 15 is 0 Å². The molecule has 3 aliphatic rings. The molecule has 0 heterocycles. The van der Waals surface area contributed by atoms with E-state index in [0.717, 1.165) is 69.1 Å². The smallest absolute Gasteiger partial charge is 0.314 e. The summed E-state index contributed by atoms with van der Waals surface area (Å²) in [6, 6.07) is 3.28. The number of carbonyl (C=O) groups excluding carboxylic acids is 1. The lowest BCUT2D eigenvalue weighted by atomic mass is 9.70. The summed E-state index contributed by atoms with van der Waals surface area (Å²) in [6.07, 6.45) is 15.3. The third-order valence-electron chi connectivity index (χ3n) is 8.95. The van der Waals surface area contributed by atoms with E-state index in [1.807, 2.05) is 0 Å². The minimum absolute atomic E-state index is 0.178.